The number of nitrogens with zero attached hydrogens (tertiary/aromatic N) is 3. The molecule has 7 heteroatoms. The van der Waals surface area contributed by atoms with E-state index in [9.17, 15) is 4.79 Å². The molecular formula is C14H15N5OS. The van der Waals surface area contributed by atoms with Crippen molar-refractivity contribution >= 4 is 27.6 Å². The minimum atomic E-state index is -0.213. The molecule has 3 aromatic rings. The summed E-state index contributed by atoms with van der Waals surface area (Å²) < 4.78 is 2.86. The molecular weight excluding hydrogens is 286 g/mol. The van der Waals surface area contributed by atoms with Gasteiger partial charge >= 0.3 is 6.03 Å². The van der Waals surface area contributed by atoms with Crippen LogP contribution in [0.2, 0.25) is 0 Å². The lowest BCUT2D eigenvalue weighted by Gasteiger charge is -2.06. The van der Waals surface area contributed by atoms with Crippen LogP contribution in [0.5, 0.6) is 0 Å². The largest absolute Gasteiger partial charge is 0.333 e. The first-order valence-corrected chi connectivity index (χ1v) is 7.37. The zero-order chi connectivity index (χ0) is 14.7. The minimum Gasteiger partial charge on any atom is -0.333 e. The predicted octanol–water partition coefficient (Wildman–Crippen LogP) is 2.03. The highest BCUT2D eigenvalue weighted by atomic mass is 32.1. The van der Waals surface area contributed by atoms with Crippen molar-refractivity contribution in [3.63, 3.8) is 0 Å². The third-order valence-electron chi connectivity index (χ3n) is 3.09. The molecule has 0 aliphatic heterocycles. The van der Waals surface area contributed by atoms with Crippen molar-refractivity contribution in [3.05, 3.63) is 47.2 Å². The van der Waals surface area contributed by atoms with Crippen LogP contribution < -0.4 is 10.6 Å². The number of thiazole rings is 1. The summed E-state index contributed by atoms with van der Waals surface area (Å²) in [6.07, 6.45) is 1.70. The van der Waals surface area contributed by atoms with Gasteiger partial charge in [-0.2, -0.15) is 5.10 Å². The number of nitrogens with one attached hydrogen (secondary N) is 2. The van der Waals surface area contributed by atoms with Crippen LogP contribution in [-0.4, -0.2) is 20.8 Å². The molecule has 0 radical (unpaired) electrons. The van der Waals surface area contributed by atoms with Gasteiger partial charge in [-0.05, 0) is 18.2 Å². The Morgan fingerprint density at radius 3 is 2.81 bits per heavy atom. The average Bonchev–Trinajstić information content (AvgIpc) is 3.08. The van der Waals surface area contributed by atoms with Crippen molar-refractivity contribution in [1.29, 1.82) is 0 Å². The number of carbonyl (C=O) groups excluding carboxylic acids is 1. The fourth-order valence-electron chi connectivity index (χ4n) is 1.96. The molecule has 21 heavy (non-hydrogen) atoms. The number of benzene rings is 1. The summed E-state index contributed by atoms with van der Waals surface area (Å²) in [6.45, 7) is 0.874. The summed E-state index contributed by atoms with van der Waals surface area (Å²) in [6, 6.07) is 9.60. The van der Waals surface area contributed by atoms with E-state index in [1.54, 1.807) is 22.2 Å². The van der Waals surface area contributed by atoms with Crippen molar-refractivity contribution in [2.24, 2.45) is 7.05 Å². The highest BCUT2D eigenvalue weighted by molar-refractivity contribution is 7.18. The lowest BCUT2D eigenvalue weighted by molar-refractivity contribution is 0.240. The van der Waals surface area contributed by atoms with Crippen molar-refractivity contribution < 1.29 is 4.79 Å². The Hall–Kier alpha value is -2.41. The number of hydrogen-bond donors (Lipinski definition) is 2. The molecule has 0 bridgehead atoms. The van der Waals surface area contributed by atoms with Gasteiger partial charge in [-0.25, -0.2) is 9.78 Å². The minimum absolute atomic E-state index is 0.213. The topological polar surface area (TPSA) is 71.8 Å². The van der Waals surface area contributed by atoms with E-state index in [0.717, 1.165) is 20.9 Å². The second-order valence-electron chi connectivity index (χ2n) is 4.56. The number of carbonyl (C=O) groups is 1. The molecule has 0 atom stereocenters. The second kappa shape index (κ2) is 5.92. The molecule has 2 N–H and O–H groups in total. The number of rotatable bonds is 4. The molecule has 2 heterocycles. The standard InChI is InChI=1S/C14H15N5OS/c1-19-10(6-7-17-19)8-15-14(20)16-9-13-18-11-4-2-3-5-12(11)21-13/h2-7H,8-9H2,1H3,(H2,15,16,20). The molecule has 108 valence electrons. The van der Waals surface area contributed by atoms with E-state index in [1.807, 2.05) is 37.4 Å². The lowest BCUT2D eigenvalue weighted by atomic mass is 10.3. The normalized spacial score (nSPS) is 10.7. The summed E-state index contributed by atoms with van der Waals surface area (Å²) in [5.41, 5.74) is 1.92. The van der Waals surface area contributed by atoms with Gasteiger partial charge in [-0.1, -0.05) is 12.1 Å². The maximum absolute atomic E-state index is 11.8. The van der Waals surface area contributed by atoms with Crippen molar-refractivity contribution in [3.8, 4) is 0 Å². The smallest absolute Gasteiger partial charge is 0.315 e. The monoisotopic (exact) mass is 301 g/mol. The Morgan fingerprint density at radius 2 is 2.05 bits per heavy atom. The van der Waals surface area contributed by atoms with Crippen LogP contribution in [0.3, 0.4) is 0 Å². The molecule has 0 fully saturated rings. The van der Waals surface area contributed by atoms with E-state index >= 15 is 0 Å². The van der Waals surface area contributed by atoms with Crippen molar-refractivity contribution in [1.82, 2.24) is 25.4 Å². The molecule has 6 nitrogen and oxygen atoms in total. The SMILES string of the molecule is Cn1nccc1CNC(=O)NCc1nc2ccccc2s1. The third-order valence-corrected chi connectivity index (χ3v) is 4.13. The lowest BCUT2D eigenvalue weighted by Crippen LogP contribution is -2.34. The molecule has 0 aliphatic carbocycles. The zero-order valence-electron chi connectivity index (χ0n) is 11.5. The highest BCUT2D eigenvalue weighted by Gasteiger charge is 2.06. The van der Waals surface area contributed by atoms with Gasteiger partial charge in [0, 0.05) is 13.2 Å². The highest BCUT2D eigenvalue weighted by Crippen LogP contribution is 2.21. The van der Waals surface area contributed by atoms with Crippen molar-refractivity contribution in [2.75, 3.05) is 0 Å². The summed E-state index contributed by atoms with van der Waals surface area (Å²) in [5.74, 6) is 0. The Labute approximate surface area is 125 Å². The average molecular weight is 301 g/mol. The van der Waals surface area contributed by atoms with E-state index < -0.39 is 0 Å². The first kappa shape index (κ1) is 13.6. The Balaban J connectivity index is 1.52. The molecule has 1 aromatic carbocycles. The van der Waals surface area contributed by atoms with Gasteiger partial charge < -0.3 is 10.6 Å². The zero-order valence-corrected chi connectivity index (χ0v) is 12.4. The molecule has 3 rings (SSSR count). The second-order valence-corrected chi connectivity index (χ2v) is 5.67. The number of urea groups is 1. The molecule has 0 saturated carbocycles. The number of hydrogen-bond acceptors (Lipinski definition) is 4. The number of para-hydroxylation sites is 1. The van der Waals surface area contributed by atoms with Crippen molar-refractivity contribution in [2.45, 2.75) is 13.1 Å². The number of fused-ring (bicyclic) bond motifs is 1. The van der Waals surface area contributed by atoms with Crippen LogP contribution in [-0.2, 0) is 20.1 Å². The predicted molar refractivity (Wildman–Crippen MR) is 81.9 cm³/mol. The van der Waals surface area contributed by atoms with Crippen LogP contribution in [0, 0.1) is 0 Å². The fraction of sp³-hybridized carbons (Fsp3) is 0.214. The van der Waals surface area contributed by atoms with Crippen LogP contribution in [0.25, 0.3) is 10.2 Å². The summed E-state index contributed by atoms with van der Waals surface area (Å²) in [7, 11) is 1.84. The van der Waals surface area contributed by atoms with E-state index in [1.165, 1.54) is 0 Å². The maximum Gasteiger partial charge on any atom is 0.315 e. The molecule has 0 spiro atoms. The van der Waals surface area contributed by atoms with Gasteiger partial charge in [0.15, 0.2) is 0 Å². The molecule has 2 amide bonds. The molecule has 0 aliphatic rings. The number of aryl methyl sites for hydroxylation is 1. The quantitative estimate of drug-likeness (QED) is 0.774. The van der Waals surface area contributed by atoms with E-state index in [-0.39, 0.29) is 6.03 Å². The molecule has 2 aromatic heterocycles. The van der Waals surface area contributed by atoms with E-state index in [2.05, 4.69) is 20.7 Å². The Kier molecular flexibility index (Phi) is 3.83. The summed E-state index contributed by atoms with van der Waals surface area (Å²) >= 11 is 1.59. The number of amides is 2. The number of aromatic nitrogens is 3. The fourth-order valence-corrected chi connectivity index (χ4v) is 2.87. The van der Waals surface area contributed by atoms with E-state index in [4.69, 9.17) is 0 Å². The van der Waals surface area contributed by atoms with Crippen LogP contribution >= 0.6 is 11.3 Å². The summed E-state index contributed by atoms with van der Waals surface area (Å²) in [4.78, 5) is 16.2. The van der Waals surface area contributed by atoms with Gasteiger partial charge in [0.2, 0.25) is 0 Å². The first-order valence-electron chi connectivity index (χ1n) is 6.55. The van der Waals surface area contributed by atoms with Crippen LogP contribution in [0.15, 0.2) is 36.5 Å². The third kappa shape index (κ3) is 3.19. The Bertz CT molecular complexity index is 730. The summed E-state index contributed by atoms with van der Waals surface area (Å²) in [5, 5.41) is 10.6. The van der Waals surface area contributed by atoms with Gasteiger partial charge in [0.1, 0.15) is 5.01 Å². The van der Waals surface area contributed by atoms with Crippen LogP contribution in [0.4, 0.5) is 4.79 Å². The van der Waals surface area contributed by atoms with Gasteiger partial charge in [0.05, 0.1) is 29.0 Å². The maximum atomic E-state index is 11.8. The Morgan fingerprint density at radius 1 is 1.24 bits per heavy atom. The van der Waals surface area contributed by atoms with Crippen LogP contribution in [0.1, 0.15) is 10.7 Å². The van der Waals surface area contributed by atoms with Gasteiger partial charge in [-0.3, -0.25) is 4.68 Å². The first-order chi connectivity index (χ1) is 10.2. The van der Waals surface area contributed by atoms with Gasteiger partial charge in [-0.15, -0.1) is 11.3 Å². The van der Waals surface area contributed by atoms with Gasteiger partial charge in [0.25, 0.3) is 0 Å². The molecule has 0 saturated heterocycles. The van der Waals surface area contributed by atoms with E-state index in [0.29, 0.717) is 13.1 Å². The molecule has 0 unspecified atom stereocenters.